The van der Waals surface area contributed by atoms with Crippen LogP contribution in [-0.2, 0) is 12.8 Å². The Morgan fingerprint density at radius 3 is 2.74 bits per heavy atom. The predicted octanol–water partition coefficient (Wildman–Crippen LogP) is 3.36. The molecule has 1 N–H and O–H groups in total. The first-order valence-electron chi connectivity index (χ1n) is 6.93. The number of hydrogen-bond donors (Lipinski definition) is 1. The minimum absolute atomic E-state index is 0.214. The third-order valence-corrected chi connectivity index (χ3v) is 4.11. The molecule has 102 valence electrons. The maximum absolute atomic E-state index is 4.23. The summed E-state index contributed by atoms with van der Waals surface area (Å²) in [5.41, 5.74) is 3.79. The second kappa shape index (κ2) is 6.78. The molecule has 0 aliphatic carbocycles. The van der Waals surface area contributed by atoms with Gasteiger partial charge in [-0.25, -0.2) is 0 Å². The first-order valence-corrected chi connectivity index (χ1v) is 7.70. The summed E-state index contributed by atoms with van der Waals surface area (Å²) in [4.78, 5) is 1.25. The van der Waals surface area contributed by atoms with Gasteiger partial charge in [0.1, 0.15) is 0 Å². The maximum atomic E-state index is 4.23. The van der Waals surface area contributed by atoms with E-state index in [1.54, 1.807) is 0 Å². The van der Waals surface area contributed by atoms with Gasteiger partial charge in [-0.3, -0.25) is 0 Å². The summed E-state index contributed by atoms with van der Waals surface area (Å²) in [6.07, 6.45) is 2.00. The first-order chi connectivity index (χ1) is 9.30. The number of nitrogens with zero attached hydrogens (tertiary/aromatic N) is 2. The lowest BCUT2D eigenvalue weighted by Gasteiger charge is -2.18. The van der Waals surface area contributed by atoms with Crippen LogP contribution >= 0.6 is 11.5 Å². The molecule has 0 fully saturated rings. The molecule has 2 aromatic rings. The van der Waals surface area contributed by atoms with Crippen molar-refractivity contribution in [2.45, 2.75) is 39.7 Å². The molecule has 0 radical (unpaired) electrons. The monoisotopic (exact) mass is 275 g/mol. The fourth-order valence-corrected chi connectivity index (χ4v) is 3.08. The van der Waals surface area contributed by atoms with Crippen LogP contribution in [0, 0.1) is 0 Å². The molecule has 1 aromatic carbocycles. The highest BCUT2D eigenvalue weighted by atomic mass is 32.1. The van der Waals surface area contributed by atoms with E-state index >= 15 is 0 Å². The van der Waals surface area contributed by atoms with Crippen LogP contribution in [0.15, 0.2) is 24.3 Å². The minimum Gasteiger partial charge on any atom is -0.306 e. The van der Waals surface area contributed by atoms with E-state index in [0.29, 0.717) is 0 Å². The van der Waals surface area contributed by atoms with Crippen molar-refractivity contribution in [1.82, 2.24) is 14.9 Å². The van der Waals surface area contributed by atoms with Crippen LogP contribution in [0.25, 0.3) is 0 Å². The van der Waals surface area contributed by atoms with E-state index in [2.05, 4.69) is 59.9 Å². The molecule has 0 aliphatic heterocycles. The molecule has 0 aliphatic rings. The van der Waals surface area contributed by atoms with Gasteiger partial charge in [-0.1, -0.05) is 49.5 Å². The zero-order valence-electron chi connectivity index (χ0n) is 11.8. The number of aryl methyl sites for hydroxylation is 2. The van der Waals surface area contributed by atoms with Crippen molar-refractivity contribution >= 4 is 11.5 Å². The Hall–Kier alpha value is -1.26. The van der Waals surface area contributed by atoms with Crippen molar-refractivity contribution < 1.29 is 0 Å². The highest BCUT2D eigenvalue weighted by Gasteiger charge is 2.19. The van der Waals surface area contributed by atoms with E-state index in [1.165, 1.54) is 27.5 Å². The van der Waals surface area contributed by atoms with Crippen LogP contribution in [0.5, 0.6) is 0 Å². The Bertz CT molecular complexity index is 522. The zero-order chi connectivity index (χ0) is 13.7. The molecule has 2 rings (SSSR count). The van der Waals surface area contributed by atoms with E-state index in [-0.39, 0.29) is 6.04 Å². The summed E-state index contributed by atoms with van der Waals surface area (Å²) in [6.45, 7) is 7.39. The van der Waals surface area contributed by atoms with Gasteiger partial charge in [-0.05, 0) is 42.0 Å². The average molecular weight is 275 g/mol. The molecule has 19 heavy (non-hydrogen) atoms. The van der Waals surface area contributed by atoms with Crippen molar-refractivity contribution in [3.05, 3.63) is 46.0 Å². The smallest absolute Gasteiger partial charge is 0.0804 e. The molecule has 0 bridgehead atoms. The van der Waals surface area contributed by atoms with Crippen molar-refractivity contribution in [2.24, 2.45) is 0 Å². The van der Waals surface area contributed by atoms with Gasteiger partial charge in [0.15, 0.2) is 0 Å². The molecule has 3 nitrogen and oxygen atoms in total. The topological polar surface area (TPSA) is 37.8 Å². The maximum Gasteiger partial charge on any atom is 0.0804 e. The summed E-state index contributed by atoms with van der Waals surface area (Å²) in [6, 6.07) is 9.00. The summed E-state index contributed by atoms with van der Waals surface area (Å²) in [7, 11) is 0. The summed E-state index contributed by atoms with van der Waals surface area (Å²) in [5, 5.41) is 7.79. The molecule has 1 heterocycles. The highest BCUT2D eigenvalue weighted by molar-refractivity contribution is 7.05. The van der Waals surface area contributed by atoms with Crippen LogP contribution < -0.4 is 5.32 Å². The molecule has 4 heteroatoms. The quantitative estimate of drug-likeness (QED) is 0.878. The van der Waals surface area contributed by atoms with E-state index in [4.69, 9.17) is 0 Å². The van der Waals surface area contributed by atoms with Gasteiger partial charge in [-0.2, -0.15) is 0 Å². The van der Waals surface area contributed by atoms with Gasteiger partial charge < -0.3 is 5.32 Å². The highest BCUT2D eigenvalue weighted by Crippen LogP contribution is 2.28. The second-order valence-corrected chi connectivity index (χ2v) is 5.31. The van der Waals surface area contributed by atoms with Crippen LogP contribution in [0.4, 0.5) is 0 Å². The van der Waals surface area contributed by atoms with Gasteiger partial charge in [0.05, 0.1) is 16.6 Å². The Morgan fingerprint density at radius 1 is 1.21 bits per heavy atom. The lowest BCUT2D eigenvalue weighted by molar-refractivity contribution is 0.632. The average Bonchev–Trinajstić information content (AvgIpc) is 2.93. The minimum atomic E-state index is 0.214. The fraction of sp³-hybridized carbons (Fsp3) is 0.467. The molecule has 1 aromatic heterocycles. The van der Waals surface area contributed by atoms with E-state index in [0.717, 1.165) is 25.1 Å². The molecule has 0 amide bonds. The van der Waals surface area contributed by atoms with Crippen LogP contribution in [0.1, 0.15) is 48.5 Å². The van der Waals surface area contributed by atoms with Gasteiger partial charge in [0, 0.05) is 0 Å². The van der Waals surface area contributed by atoms with Crippen molar-refractivity contribution in [2.75, 3.05) is 6.54 Å². The number of benzene rings is 1. The molecule has 1 unspecified atom stereocenters. The molecule has 0 spiro atoms. The summed E-state index contributed by atoms with van der Waals surface area (Å²) in [5.74, 6) is 0. The Balaban J connectivity index is 2.39. The molecular weight excluding hydrogens is 254 g/mol. The van der Waals surface area contributed by atoms with Gasteiger partial charge >= 0.3 is 0 Å². The lowest BCUT2D eigenvalue weighted by atomic mass is 10.00. The number of aromatic nitrogens is 2. The van der Waals surface area contributed by atoms with Gasteiger partial charge in [0.2, 0.25) is 0 Å². The number of hydrogen-bond acceptors (Lipinski definition) is 4. The van der Waals surface area contributed by atoms with E-state index < -0.39 is 0 Å². The summed E-state index contributed by atoms with van der Waals surface area (Å²) < 4.78 is 4.12. The van der Waals surface area contributed by atoms with Crippen LogP contribution in [0.3, 0.4) is 0 Å². The van der Waals surface area contributed by atoms with Crippen molar-refractivity contribution in [3.63, 3.8) is 0 Å². The number of nitrogens with one attached hydrogen (secondary N) is 1. The van der Waals surface area contributed by atoms with Crippen LogP contribution in [0.2, 0.25) is 0 Å². The lowest BCUT2D eigenvalue weighted by Crippen LogP contribution is -2.22. The zero-order valence-corrected chi connectivity index (χ0v) is 12.6. The molecule has 1 atom stereocenters. The Kier molecular flexibility index (Phi) is 5.05. The normalized spacial score (nSPS) is 12.6. The number of rotatable bonds is 6. The second-order valence-electron chi connectivity index (χ2n) is 4.53. The van der Waals surface area contributed by atoms with Crippen molar-refractivity contribution in [1.29, 1.82) is 0 Å². The fourth-order valence-electron chi connectivity index (χ4n) is 2.24. The molecule has 0 saturated carbocycles. The van der Waals surface area contributed by atoms with Crippen molar-refractivity contribution in [3.8, 4) is 0 Å². The Labute approximate surface area is 119 Å². The largest absolute Gasteiger partial charge is 0.306 e. The molecular formula is C15H21N3S. The third-order valence-electron chi connectivity index (χ3n) is 3.28. The SMILES string of the molecule is CCNC(c1cccc(CC)c1)c1snnc1CC. The van der Waals surface area contributed by atoms with Crippen LogP contribution in [-0.4, -0.2) is 16.1 Å². The predicted molar refractivity (Wildman–Crippen MR) is 80.6 cm³/mol. The summed E-state index contributed by atoms with van der Waals surface area (Å²) >= 11 is 1.51. The van der Waals surface area contributed by atoms with Gasteiger partial charge in [-0.15, -0.1) is 5.10 Å². The molecule has 0 saturated heterocycles. The third kappa shape index (κ3) is 3.19. The van der Waals surface area contributed by atoms with Gasteiger partial charge in [0.25, 0.3) is 0 Å². The Morgan fingerprint density at radius 2 is 2.05 bits per heavy atom. The van der Waals surface area contributed by atoms with E-state index in [9.17, 15) is 0 Å². The standard InChI is InChI=1S/C15H21N3S/c1-4-11-8-7-9-12(10-11)14(16-6-3)15-13(5-2)17-18-19-15/h7-10,14,16H,4-6H2,1-3H3. The van der Waals surface area contributed by atoms with E-state index in [1.807, 2.05) is 0 Å². The first kappa shape index (κ1) is 14.2.